The van der Waals surface area contributed by atoms with Gasteiger partial charge in [0.25, 0.3) is 5.91 Å². The highest BCUT2D eigenvalue weighted by Crippen LogP contribution is 2.27. The molecule has 3 rings (SSSR count). The molecule has 0 aliphatic carbocycles. The number of nitrogens with one attached hydrogen (secondary N) is 1. The highest BCUT2D eigenvalue weighted by atomic mass is 16.5. The number of likely N-dealkylation sites (N-methyl/N-ethyl adjacent to an activating group) is 1. The molecule has 130 valence electrons. The lowest BCUT2D eigenvalue weighted by Crippen LogP contribution is -2.49. The Morgan fingerprint density at radius 3 is 3.00 bits per heavy atom. The van der Waals surface area contributed by atoms with Crippen LogP contribution in [-0.2, 0) is 18.3 Å². The Hall–Kier alpha value is -2.19. The predicted octanol–water partition coefficient (Wildman–Crippen LogP) is 0.438. The molecule has 1 N–H and O–H groups in total. The van der Waals surface area contributed by atoms with E-state index in [9.17, 15) is 4.79 Å². The standard InChI is InChI=1S/C16H24N6O2/c1-4-22-6-5-18-15(22)16(23)19-10-13-14(20(2)7-8-24-13)12-9-17-11-21(12)3/h5-6,9,11,13-14H,4,7-8,10H2,1-3H3,(H,19,23)/t13-,14-/m0/s1. The van der Waals surface area contributed by atoms with E-state index in [2.05, 4.69) is 27.2 Å². The van der Waals surface area contributed by atoms with Crippen LogP contribution in [-0.4, -0.2) is 62.8 Å². The number of morpholine rings is 1. The van der Waals surface area contributed by atoms with Crippen molar-refractivity contribution in [1.82, 2.24) is 29.3 Å². The maximum atomic E-state index is 12.4. The van der Waals surface area contributed by atoms with Gasteiger partial charge in [0.05, 0.1) is 30.8 Å². The van der Waals surface area contributed by atoms with Crippen molar-refractivity contribution >= 4 is 5.91 Å². The first-order chi connectivity index (χ1) is 11.6. The molecule has 1 saturated heterocycles. The Bertz CT molecular complexity index is 694. The Labute approximate surface area is 141 Å². The molecule has 0 saturated carbocycles. The Morgan fingerprint density at radius 2 is 2.29 bits per heavy atom. The third-order valence-corrected chi connectivity index (χ3v) is 4.48. The van der Waals surface area contributed by atoms with Gasteiger partial charge in [-0.05, 0) is 14.0 Å². The van der Waals surface area contributed by atoms with Gasteiger partial charge in [-0.15, -0.1) is 0 Å². The van der Waals surface area contributed by atoms with E-state index < -0.39 is 0 Å². The van der Waals surface area contributed by atoms with E-state index >= 15 is 0 Å². The molecule has 1 amide bonds. The van der Waals surface area contributed by atoms with Crippen LogP contribution in [0.25, 0.3) is 0 Å². The van der Waals surface area contributed by atoms with E-state index in [1.165, 1.54) is 0 Å². The monoisotopic (exact) mass is 332 g/mol. The molecule has 0 bridgehead atoms. The van der Waals surface area contributed by atoms with Gasteiger partial charge in [-0.25, -0.2) is 9.97 Å². The number of carbonyl (C=O) groups is 1. The molecule has 2 atom stereocenters. The van der Waals surface area contributed by atoms with E-state index in [0.717, 1.165) is 12.2 Å². The van der Waals surface area contributed by atoms with Crippen LogP contribution < -0.4 is 5.32 Å². The summed E-state index contributed by atoms with van der Waals surface area (Å²) >= 11 is 0. The molecule has 24 heavy (non-hydrogen) atoms. The van der Waals surface area contributed by atoms with Crippen molar-refractivity contribution in [3.8, 4) is 0 Å². The molecule has 8 nitrogen and oxygen atoms in total. The normalized spacial score (nSPS) is 21.8. The van der Waals surface area contributed by atoms with Crippen molar-refractivity contribution in [1.29, 1.82) is 0 Å². The summed E-state index contributed by atoms with van der Waals surface area (Å²) in [5, 5.41) is 2.96. The van der Waals surface area contributed by atoms with Crippen molar-refractivity contribution in [2.75, 3.05) is 26.7 Å². The molecule has 0 spiro atoms. The summed E-state index contributed by atoms with van der Waals surface area (Å²) in [5.41, 5.74) is 1.08. The van der Waals surface area contributed by atoms with Crippen LogP contribution in [0.4, 0.5) is 0 Å². The first-order valence-electron chi connectivity index (χ1n) is 8.19. The molecule has 2 aromatic rings. The number of amides is 1. The number of hydrogen-bond donors (Lipinski definition) is 1. The highest BCUT2D eigenvalue weighted by molar-refractivity contribution is 5.90. The summed E-state index contributed by atoms with van der Waals surface area (Å²) in [5.74, 6) is 0.251. The number of rotatable bonds is 5. The van der Waals surface area contributed by atoms with Gasteiger partial charge in [-0.3, -0.25) is 9.69 Å². The summed E-state index contributed by atoms with van der Waals surface area (Å²) in [6, 6.07) is 0.0532. The van der Waals surface area contributed by atoms with Gasteiger partial charge in [0.1, 0.15) is 0 Å². The van der Waals surface area contributed by atoms with E-state index in [4.69, 9.17) is 4.74 Å². The second-order valence-electron chi connectivity index (χ2n) is 6.01. The van der Waals surface area contributed by atoms with Gasteiger partial charge < -0.3 is 19.2 Å². The summed E-state index contributed by atoms with van der Waals surface area (Å²) in [7, 11) is 4.04. The fourth-order valence-electron chi connectivity index (χ4n) is 3.15. The molecule has 1 aliphatic rings. The van der Waals surface area contributed by atoms with Gasteiger partial charge in [0.15, 0.2) is 5.82 Å². The number of hydrogen-bond acceptors (Lipinski definition) is 5. The van der Waals surface area contributed by atoms with E-state index in [-0.39, 0.29) is 18.1 Å². The summed E-state index contributed by atoms with van der Waals surface area (Å²) in [6.07, 6.45) is 6.95. The van der Waals surface area contributed by atoms with Crippen LogP contribution in [0.15, 0.2) is 24.9 Å². The fourth-order valence-corrected chi connectivity index (χ4v) is 3.15. The average molecular weight is 332 g/mol. The minimum Gasteiger partial charge on any atom is -0.373 e. The van der Waals surface area contributed by atoms with Crippen molar-refractivity contribution < 1.29 is 9.53 Å². The Balaban J connectivity index is 1.70. The molecular weight excluding hydrogens is 308 g/mol. The molecule has 8 heteroatoms. The lowest BCUT2D eigenvalue weighted by atomic mass is 10.0. The van der Waals surface area contributed by atoms with Crippen LogP contribution in [0, 0.1) is 0 Å². The number of ether oxygens (including phenoxy) is 1. The first kappa shape index (κ1) is 16.7. The maximum absolute atomic E-state index is 12.4. The third-order valence-electron chi connectivity index (χ3n) is 4.48. The van der Waals surface area contributed by atoms with Crippen LogP contribution >= 0.6 is 0 Å². The van der Waals surface area contributed by atoms with Gasteiger partial charge in [0.2, 0.25) is 0 Å². The van der Waals surface area contributed by atoms with Crippen molar-refractivity contribution in [3.63, 3.8) is 0 Å². The number of aryl methyl sites for hydroxylation is 2. The lowest BCUT2D eigenvalue weighted by Gasteiger charge is -2.39. The first-order valence-corrected chi connectivity index (χ1v) is 8.19. The molecule has 1 aliphatic heterocycles. The van der Waals surface area contributed by atoms with E-state index in [1.54, 1.807) is 18.7 Å². The fraction of sp³-hybridized carbons (Fsp3) is 0.562. The molecule has 0 unspecified atom stereocenters. The van der Waals surface area contributed by atoms with Crippen molar-refractivity contribution in [3.05, 3.63) is 36.4 Å². The third kappa shape index (κ3) is 3.20. The van der Waals surface area contributed by atoms with E-state index in [1.807, 2.05) is 29.3 Å². The Morgan fingerprint density at radius 1 is 1.46 bits per heavy atom. The SMILES string of the molecule is CCn1ccnc1C(=O)NC[C@@H]1OCCN(C)[C@H]1c1cncn1C. The van der Waals surface area contributed by atoms with E-state index in [0.29, 0.717) is 25.5 Å². The summed E-state index contributed by atoms with van der Waals surface area (Å²) in [4.78, 5) is 23.0. The topological polar surface area (TPSA) is 77.2 Å². The highest BCUT2D eigenvalue weighted by Gasteiger charge is 2.33. The number of imidazole rings is 2. The van der Waals surface area contributed by atoms with Gasteiger partial charge in [0, 0.05) is 45.3 Å². The Kier molecular flexibility index (Phi) is 4.96. The minimum absolute atomic E-state index is 0.0532. The second-order valence-corrected chi connectivity index (χ2v) is 6.01. The quantitative estimate of drug-likeness (QED) is 0.860. The molecule has 3 heterocycles. The predicted molar refractivity (Wildman–Crippen MR) is 88.6 cm³/mol. The zero-order chi connectivity index (χ0) is 17.1. The number of aromatic nitrogens is 4. The number of nitrogens with zero attached hydrogens (tertiary/aromatic N) is 5. The van der Waals surface area contributed by atoms with Crippen LogP contribution in [0.1, 0.15) is 29.3 Å². The van der Waals surface area contributed by atoms with Gasteiger partial charge in [-0.1, -0.05) is 0 Å². The molecule has 2 aromatic heterocycles. The van der Waals surface area contributed by atoms with Crippen molar-refractivity contribution in [2.45, 2.75) is 25.6 Å². The largest absolute Gasteiger partial charge is 0.373 e. The van der Waals surface area contributed by atoms with Crippen LogP contribution in [0.3, 0.4) is 0 Å². The number of carbonyl (C=O) groups excluding carboxylic acids is 1. The van der Waals surface area contributed by atoms with Crippen LogP contribution in [0.5, 0.6) is 0 Å². The molecular formula is C16H24N6O2. The molecule has 1 fully saturated rings. The maximum Gasteiger partial charge on any atom is 0.287 e. The summed E-state index contributed by atoms with van der Waals surface area (Å²) in [6.45, 7) is 4.62. The second kappa shape index (κ2) is 7.14. The minimum atomic E-state index is -0.178. The zero-order valence-corrected chi connectivity index (χ0v) is 14.3. The molecule has 0 radical (unpaired) electrons. The summed E-state index contributed by atoms with van der Waals surface area (Å²) < 4.78 is 9.76. The van der Waals surface area contributed by atoms with Crippen LogP contribution in [0.2, 0.25) is 0 Å². The van der Waals surface area contributed by atoms with Crippen molar-refractivity contribution in [2.24, 2.45) is 7.05 Å². The van der Waals surface area contributed by atoms with Gasteiger partial charge in [-0.2, -0.15) is 0 Å². The average Bonchev–Trinajstić information content (AvgIpc) is 3.21. The van der Waals surface area contributed by atoms with Gasteiger partial charge >= 0.3 is 0 Å². The molecule has 0 aromatic carbocycles. The zero-order valence-electron chi connectivity index (χ0n) is 14.3. The lowest BCUT2D eigenvalue weighted by molar-refractivity contribution is -0.0626. The smallest absolute Gasteiger partial charge is 0.287 e.